The molecule has 6 aromatic carbocycles. The zero-order valence-corrected chi connectivity index (χ0v) is 29.3. The van der Waals surface area contributed by atoms with E-state index in [2.05, 4.69) is 126 Å². The Kier molecular flexibility index (Phi) is 10.5. The Morgan fingerprint density at radius 1 is 0.521 bits per heavy atom. The fourth-order valence-electron chi connectivity index (χ4n) is 6.42. The molecule has 0 N–H and O–H groups in total. The Bertz CT molecular complexity index is 1780. The summed E-state index contributed by atoms with van der Waals surface area (Å²) in [7, 11) is -5.45. The molecule has 0 unspecified atom stereocenters. The van der Waals surface area contributed by atoms with Gasteiger partial charge < -0.3 is 9.05 Å². The Morgan fingerprint density at radius 2 is 0.875 bits per heavy atom. The summed E-state index contributed by atoms with van der Waals surface area (Å²) in [6.45, 7) is 0.587. The molecule has 0 radical (unpaired) electrons. The highest BCUT2D eigenvalue weighted by Crippen LogP contribution is 2.59. The largest absolute Gasteiger partial charge is 0.515 e. The van der Waals surface area contributed by atoms with Gasteiger partial charge in [-0.2, -0.15) is 4.67 Å². The van der Waals surface area contributed by atoms with Crippen LogP contribution in [-0.2, 0) is 4.57 Å². The second kappa shape index (κ2) is 15.5. The fraction of sp³-hybridized carbons (Fsp3) is 0.122. The van der Waals surface area contributed by atoms with Gasteiger partial charge >= 0.3 is 7.75 Å². The van der Waals surface area contributed by atoms with E-state index >= 15 is 4.57 Å². The van der Waals surface area contributed by atoms with Crippen LogP contribution in [0.2, 0.25) is 0 Å². The van der Waals surface area contributed by atoms with Crippen molar-refractivity contribution in [3.05, 3.63) is 182 Å². The van der Waals surface area contributed by atoms with Gasteiger partial charge in [-0.15, -0.1) is 0 Å². The van der Waals surface area contributed by atoms with Crippen LogP contribution in [0.4, 0.5) is 0 Å². The molecule has 2 atom stereocenters. The second-order valence-corrected chi connectivity index (χ2v) is 18.3. The third kappa shape index (κ3) is 7.65. The molecule has 7 rings (SSSR count). The summed E-state index contributed by atoms with van der Waals surface area (Å²) in [5.41, 5.74) is 0.227. The first kappa shape index (κ1) is 32.5. The Hall–Kier alpha value is -4.03. The fourth-order valence-corrected chi connectivity index (χ4v) is 14.1. The summed E-state index contributed by atoms with van der Waals surface area (Å²) >= 11 is 0. The van der Waals surface area contributed by atoms with Gasteiger partial charge in [0, 0.05) is 18.2 Å². The molecule has 0 saturated carbocycles. The van der Waals surface area contributed by atoms with Crippen molar-refractivity contribution < 1.29 is 13.6 Å². The van der Waals surface area contributed by atoms with Crippen molar-refractivity contribution in [1.82, 2.24) is 4.67 Å². The highest BCUT2D eigenvalue weighted by molar-refractivity contribution is 7.74. The quantitative estimate of drug-likeness (QED) is 0.121. The maximum Gasteiger partial charge on any atom is 0.515 e. The summed E-state index contributed by atoms with van der Waals surface area (Å²) in [6.07, 6.45) is 1.70. The van der Waals surface area contributed by atoms with E-state index in [-0.39, 0.29) is 11.7 Å². The zero-order valence-electron chi connectivity index (χ0n) is 26.6. The predicted octanol–water partition coefficient (Wildman–Crippen LogP) is 8.96. The lowest BCUT2D eigenvalue weighted by atomic mass is 10.2. The van der Waals surface area contributed by atoms with Crippen LogP contribution in [0.5, 0.6) is 11.5 Å². The maximum atomic E-state index is 15.6. The molecular weight excluding hydrogens is 647 g/mol. The third-order valence-corrected chi connectivity index (χ3v) is 16.0. The van der Waals surface area contributed by atoms with Gasteiger partial charge in [0.05, 0.1) is 0 Å². The summed E-state index contributed by atoms with van der Waals surface area (Å²) in [5, 5.41) is 5.25. The molecule has 0 aliphatic carbocycles. The topological polar surface area (TPSA) is 38.8 Å². The average molecular weight is 686 g/mol. The zero-order chi connectivity index (χ0) is 32.6. The lowest BCUT2D eigenvalue weighted by Gasteiger charge is -2.33. The minimum absolute atomic E-state index is 0.0581. The van der Waals surface area contributed by atoms with Crippen LogP contribution in [0.15, 0.2) is 182 Å². The van der Waals surface area contributed by atoms with Crippen molar-refractivity contribution >= 4 is 44.8 Å². The first-order valence-corrected chi connectivity index (χ1v) is 20.7. The van der Waals surface area contributed by atoms with E-state index in [0.29, 0.717) is 18.0 Å². The molecule has 0 bridgehead atoms. The van der Waals surface area contributed by atoms with E-state index in [0.717, 1.165) is 12.6 Å². The van der Waals surface area contributed by atoms with Crippen molar-refractivity contribution in [3.8, 4) is 11.5 Å². The van der Waals surface area contributed by atoms with E-state index in [1.165, 1.54) is 21.2 Å². The van der Waals surface area contributed by atoms with Crippen LogP contribution in [-0.4, -0.2) is 29.1 Å². The summed E-state index contributed by atoms with van der Waals surface area (Å²) in [6, 6.07) is 62.1. The summed E-state index contributed by atoms with van der Waals surface area (Å²) < 4.78 is 30.7. The molecule has 1 fully saturated rings. The van der Waals surface area contributed by atoms with Gasteiger partial charge in [-0.3, -0.25) is 0 Å². The Labute approximate surface area is 286 Å². The van der Waals surface area contributed by atoms with Crippen LogP contribution in [0.1, 0.15) is 6.42 Å². The Balaban J connectivity index is 1.34. The molecule has 0 aromatic heterocycles. The molecule has 7 heteroatoms. The molecule has 1 aliphatic heterocycles. The van der Waals surface area contributed by atoms with Gasteiger partial charge in [0.15, 0.2) is 0 Å². The molecule has 0 spiro atoms. The van der Waals surface area contributed by atoms with Crippen molar-refractivity contribution in [2.24, 2.45) is 0 Å². The van der Waals surface area contributed by atoms with Gasteiger partial charge in [0.2, 0.25) is 0 Å². The van der Waals surface area contributed by atoms with E-state index in [1.54, 1.807) is 0 Å². The normalized spacial score (nSPS) is 16.6. The van der Waals surface area contributed by atoms with E-state index < -0.39 is 23.6 Å². The van der Waals surface area contributed by atoms with Crippen LogP contribution in [0, 0.1) is 0 Å². The molecule has 0 amide bonds. The molecule has 48 heavy (non-hydrogen) atoms. The third-order valence-electron chi connectivity index (χ3n) is 8.57. The van der Waals surface area contributed by atoms with Crippen molar-refractivity contribution in [2.45, 2.75) is 18.1 Å². The number of hydrogen-bond acceptors (Lipinski definition) is 3. The molecule has 4 nitrogen and oxygen atoms in total. The lowest BCUT2D eigenvalue weighted by Crippen LogP contribution is -2.35. The average Bonchev–Trinajstić information content (AvgIpc) is 3.57. The van der Waals surface area contributed by atoms with E-state index in [4.69, 9.17) is 9.05 Å². The second-order valence-electron chi connectivity index (χ2n) is 11.8. The molecule has 1 heterocycles. The molecular formula is C41H38NO3P3. The maximum absolute atomic E-state index is 15.6. The highest BCUT2D eigenvalue weighted by Gasteiger charge is 2.50. The predicted molar refractivity (Wildman–Crippen MR) is 204 cm³/mol. The van der Waals surface area contributed by atoms with Crippen LogP contribution in [0.3, 0.4) is 0 Å². The van der Waals surface area contributed by atoms with Gasteiger partial charge in [-0.25, -0.2) is 4.57 Å². The number of hydrogen-bond donors (Lipinski definition) is 0. The first-order valence-electron chi connectivity index (χ1n) is 16.3. The SMILES string of the molecule is O=P(Oc1ccccc1)(Oc1ccccc1)N1C[C@@H](P(c2ccccc2)c2ccccc2)C[C@H]1CP(c1ccccc1)c1ccccc1. The van der Waals surface area contributed by atoms with Gasteiger partial charge in [-0.05, 0) is 73.9 Å². The first-order chi connectivity index (χ1) is 23.7. The monoisotopic (exact) mass is 685 g/mol. The molecule has 1 saturated heterocycles. The number of rotatable bonds is 12. The molecule has 1 aliphatic rings. The van der Waals surface area contributed by atoms with Crippen molar-refractivity contribution in [3.63, 3.8) is 0 Å². The number of para-hydroxylation sites is 2. The summed E-state index contributed by atoms with van der Waals surface area (Å²) in [5.74, 6) is 1.06. The lowest BCUT2D eigenvalue weighted by molar-refractivity contribution is 0.281. The van der Waals surface area contributed by atoms with Gasteiger partial charge in [-0.1, -0.05) is 158 Å². The van der Waals surface area contributed by atoms with Gasteiger partial charge in [0.1, 0.15) is 11.5 Å². The van der Waals surface area contributed by atoms with Crippen LogP contribution >= 0.6 is 23.6 Å². The van der Waals surface area contributed by atoms with Gasteiger partial charge in [0.25, 0.3) is 0 Å². The number of benzene rings is 6. The van der Waals surface area contributed by atoms with E-state index in [1.807, 2.05) is 60.7 Å². The van der Waals surface area contributed by atoms with Crippen LogP contribution in [0.25, 0.3) is 0 Å². The number of nitrogens with zero attached hydrogens (tertiary/aromatic N) is 1. The Morgan fingerprint density at radius 3 is 1.27 bits per heavy atom. The van der Waals surface area contributed by atoms with Crippen LogP contribution < -0.4 is 30.3 Å². The molecule has 240 valence electrons. The van der Waals surface area contributed by atoms with Crippen molar-refractivity contribution in [1.29, 1.82) is 0 Å². The smallest absolute Gasteiger partial charge is 0.404 e. The summed E-state index contributed by atoms with van der Waals surface area (Å²) in [4.78, 5) is 0. The van der Waals surface area contributed by atoms with Crippen molar-refractivity contribution in [2.75, 3.05) is 12.7 Å². The standard InChI is InChI=1S/C41H38NO3P3/c43-48(44-35-19-7-1-8-20-35,45-36-21-9-2-10-22-36)42-32-41(47(39-27-15-5-16-28-39)40-29-17-6-18-30-40)31-34(42)33-46(37-23-11-3-12-24-37)38-25-13-4-14-26-38/h1-30,34,41H,31-33H2/t34-,41-/m0/s1. The highest BCUT2D eigenvalue weighted by atomic mass is 31.2. The minimum atomic E-state index is -3.91. The minimum Gasteiger partial charge on any atom is -0.404 e. The molecule has 6 aromatic rings. The van der Waals surface area contributed by atoms with E-state index in [9.17, 15) is 0 Å².